The van der Waals surface area contributed by atoms with Crippen LogP contribution in [-0.4, -0.2) is 5.92 Å². The summed E-state index contributed by atoms with van der Waals surface area (Å²) in [5, 5.41) is 0. The number of alkyl halides is 2. The molecule has 0 amide bonds. The van der Waals surface area contributed by atoms with Gasteiger partial charge < -0.3 is 5.73 Å². The van der Waals surface area contributed by atoms with Gasteiger partial charge in [-0.3, -0.25) is 0 Å². The van der Waals surface area contributed by atoms with Crippen molar-refractivity contribution in [3.8, 4) is 0 Å². The molecule has 2 N–H and O–H groups in total. The van der Waals surface area contributed by atoms with Crippen LogP contribution in [0.1, 0.15) is 31.9 Å². The zero-order valence-corrected chi connectivity index (χ0v) is 9.35. The fraction of sp³-hybridized carbons (Fsp3) is 0.500. The molecule has 1 aromatic rings. The van der Waals surface area contributed by atoms with E-state index in [0.717, 1.165) is 12.5 Å². The average Bonchev–Trinajstić information content (AvgIpc) is 2.00. The van der Waals surface area contributed by atoms with Crippen molar-refractivity contribution in [3.05, 3.63) is 35.4 Å². The lowest BCUT2D eigenvalue weighted by Crippen LogP contribution is -2.28. The van der Waals surface area contributed by atoms with E-state index in [4.69, 9.17) is 5.73 Å². The highest BCUT2D eigenvalue weighted by atomic mass is 19.3. The molecule has 0 spiro atoms. The molecule has 0 heterocycles. The second-order valence-electron chi connectivity index (χ2n) is 4.67. The van der Waals surface area contributed by atoms with Crippen LogP contribution in [0.4, 0.5) is 8.78 Å². The first kappa shape index (κ1) is 12.1. The SMILES string of the molecule is CC(F)(F)Cc1ccc(C(C)(C)N)cc1. The van der Waals surface area contributed by atoms with E-state index in [1.54, 1.807) is 24.3 Å². The topological polar surface area (TPSA) is 26.0 Å². The van der Waals surface area contributed by atoms with Crippen molar-refractivity contribution in [3.63, 3.8) is 0 Å². The molecule has 3 heteroatoms. The molecule has 0 unspecified atom stereocenters. The second-order valence-corrected chi connectivity index (χ2v) is 4.67. The van der Waals surface area contributed by atoms with Gasteiger partial charge in [-0.1, -0.05) is 24.3 Å². The number of hydrogen-bond acceptors (Lipinski definition) is 1. The van der Waals surface area contributed by atoms with Crippen LogP contribution in [0, 0.1) is 0 Å². The normalized spacial score (nSPS) is 12.9. The van der Waals surface area contributed by atoms with Crippen molar-refractivity contribution in [2.75, 3.05) is 0 Å². The Balaban J connectivity index is 2.82. The Morgan fingerprint density at radius 3 is 1.87 bits per heavy atom. The van der Waals surface area contributed by atoms with Crippen molar-refractivity contribution in [1.82, 2.24) is 0 Å². The smallest absolute Gasteiger partial charge is 0.249 e. The monoisotopic (exact) mass is 213 g/mol. The van der Waals surface area contributed by atoms with Crippen LogP contribution in [-0.2, 0) is 12.0 Å². The van der Waals surface area contributed by atoms with Gasteiger partial charge in [0.05, 0.1) is 0 Å². The summed E-state index contributed by atoms with van der Waals surface area (Å²) in [7, 11) is 0. The third-order valence-electron chi connectivity index (χ3n) is 2.21. The maximum absolute atomic E-state index is 12.7. The number of benzene rings is 1. The summed E-state index contributed by atoms with van der Waals surface area (Å²) in [4.78, 5) is 0. The van der Waals surface area contributed by atoms with Crippen molar-refractivity contribution in [2.24, 2.45) is 5.73 Å². The van der Waals surface area contributed by atoms with E-state index >= 15 is 0 Å². The minimum atomic E-state index is -2.65. The summed E-state index contributed by atoms with van der Waals surface area (Å²) in [5.74, 6) is -2.65. The summed E-state index contributed by atoms with van der Waals surface area (Å²) < 4.78 is 25.4. The molecule has 0 fully saturated rings. The van der Waals surface area contributed by atoms with Gasteiger partial charge >= 0.3 is 0 Å². The van der Waals surface area contributed by atoms with E-state index in [-0.39, 0.29) is 6.42 Å². The van der Waals surface area contributed by atoms with Gasteiger partial charge in [-0.05, 0) is 31.9 Å². The van der Waals surface area contributed by atoms with Crippen molar-refractivity contribution < 1.29 is 8.78 Å². The minimum Gasteiger partial charge on any atom is -0.322 e. The molecule has 0 bridgehead atoms. The first-order valence-corrected chi connectivity index (χ1v) is 4.95. The van der Waals surface area contributed by atoms with Crippen molar-refractivity contribution >= 4 is 0 Å². The molecular weight excluding hydrogens is 196 g/mol. The minimum absolute atomic E-state index is 0.224. The maximum Gasteiger partial charge on any atom is 0.249 e. The lowest BCUT2D eigenvalue weighted by molar-refractivity contribution is 0.0226. The molecule has 0 aromatic heterocycles. The first-order chi connectivity index (χ1) is 6.68. The Kier molecular flexibility index (Phi) is 3.14. The van der Waals surface area contributed by atoms with Crippen molar-refractivity contribution in [2.45, 2.75) is 38.7 Å². The Bertz CT molecular complexity index is 317. The predicted octanol–water partition coefficient (Wildman–Crippen LogP) is 3.08. The van der Waals surface area contributed by atoms with Gasteiger partial charge in [0.2, 0.25) is 5.92 Å². The molecule has 0 aliphatic rings. The van der Waals surface area contributed by atoms with Gasteiger partial charge in [0, 0.05) is 12.0 Å². The molecule has 15 heavy (non-hydrogen) atoms. The van der Waals surface area contributed by atoms with Gasteiger partial charge in [0.15, 0.2) is 0 Å². The summed E-state index contributed by atoms with van der Waals surface area (Å²) in [6, 6.07) is 7.03. The first-order valence-electron chi connectivity index (χ1n) is 4.95. The van der Waals surface area contributed by atoms with Gasteiger partial charge in [-0.15, -0.1) is 0 Å². The van der Waals surface area contributed by atoms with E-state index < -0.39 is 11.5 Å². The summed E-state index contributed by atoms with van der Waals surface area (Å²) in [6.07, 6.45) is -0.224. The Labute approximate surface area is 89.3 Å². The maximum atomic E-state index is 12.7. The molecule has 1 nitrogen and oxygen atoms in total. The van der Waals surface area contributed by atoms with Gasteiger partial charge in [-0.25, -0.2) is 8.78 Å². The summed E-state index contributed by atoms with van der Waals surface area (Å²) in [5.41, 5.74) is 7.05. The summed E-state index contributed by atoms with van der Waals surface area (Å²) >= 11 is 0. The van der Waals surface area contributed by atoms with Crippen LogP contribution < -0.4 is 5.73 Å². The molecule has 0 aliphatic carbocycles. The molecule has 0 saturated carbocycles. The van der Waals surface area contributed by atoms with Crippen molar-refractivity contribution in [1.29, 1.82) is 0 Å². The lowest BCUT2D eigenvalue weighted by atomic mass is 9.94. The fourth-order valence-electron chi connectivity index (χ4n) is 1.41. The molecule has 0 aliphatic heterocycles. The molecule has 1 rings (SSSR count). The van der Waals surface area contributed by atoms with Crippen LogP contribution in [0.5, 0.6) is 0 Å². The van der Waals surface area contributed by atoms with Crippen LogP contribution in [0.2, 0.25) is 0 Å². The molecule has 0 saturated heterocycles. The van der Waals surface area contributed by atoms with Crippen LogP contribution >= 0.6 is 0 Å². The zero-order valence-electron chi connectivity index (χ0n) is 9.35. The molecule has 0 atom stereocenters. The van der Waals surface area contributed by atoms with E-state index in [9.17, 15) is 8.78 Å². The van der Waals surface area contributed by atoms with Gasteiger partial charge in [0.1, 0.15) is 0 Å². The lowest BCUT2D eigenvalue weighted by Gasteiger charge is -2.19. The largest absolute Gasteiger partial charge is 0.322 e. The summed E-state index contributed by atoms with van der Waals surface area (Å²) in [6.45, 7) is 4.70. The second kappa shape index (κ2) is 3.89. The van der Waals surface area contributed by atoms with Gasteiger partial charge in [0.25, 0.3) is 0 Å². The van der Waals surface area contributed by atoms with Crippen LogP contribution in [0.3, 0.4) is 0 Å². The number of rotatable bonds is 3. The number of halogens is 2. The Morgan fingerprint density at radius 1 is 1.07 bits per heavy atom. The quantitative estimate of drug-likeness (QED) is 0.820. The highest BCUT2D eigenvalue weighted by Crippen LogP contribution is 2.21. The van der Waals surface area contributed by atoms with Crippen LogP contribution in [0.15, 0.2) is 24.3 Å². The number of nitrogens with two attached hydrogens (primary N) is 1. The average molecular weight is 213 g/mol. The molecular formula is C12H17F2N. The number of hydrogen-bond donors (Lipinski definition) is 1. The van der Waals surface area contributed by atoms with E-state index in [2.05, 4.69) is 0 Å². The highest BCUT2D eigenvalue weighted by molar-refractivity contribution is 5.27. The fourth-order valence-corrected chi connectivity index (χ4v) is 1.41. The Morgan fingerprint density at radius 2 is 1.53 bits per heavy atom. The molecule has 84 valence electrons. The standard InChI is InChI=1S/C12H17F2N/c1-11(2,15)10-6-4-9(5-7-10)8-12(3,13)14/h4-7H,8,15H2,1-3H3. The van der Waals surface area contributed by atoms with E-state index in [1.807, 2.05) is 13.8 Å². The van der Waals surface area contributed by atoms with Gasteiger partial charge in [-0.2, -0.15) is 0 Å². The third kappa shape index (κ3) is 3.96. The van der Waals surface area contributed by atoms with E-state index in [0.29, 0.717) is 5.56 Å². The highest BCUT2D eigenvalue weighted by Gasteiger charge is 2.22. The molecule has 1 aromatic carbocycles. The Hall–Kier alpha value is -0.960. The van der Waals surface area contributed by atoms with E-state index in [1.165, 1.54) is 0 Å². The predicted molar refractivity (Wildman–Crippen MR) is 58.0 cm³/mol. The molecule has 0 radical (unpaired) electrons. The van der Waals surface area contributed by atoms with Crippen LogP contribution in [0.25, 0.3) is 0 Å². The third-order valence-corrected chi connectivity index (χ3v) is 2.21. The zero-order chi connectivity index (χ0) is 11.7.